The Hall–Kier alpha value is -0.400. The Morgan fingerprint density at radius 3 is 1.40 bits per heavy atom. The van der Waals surface area contributed by atoms with Crippen molar-refractivity contribution in [2.24, 2.45) is 0 Å². The summed E-state index contributed by atoms with van der Waals surface area (Å²) in [6, 6.07) is 0. The molecule has 2 fully saturated rings. The van der Waals surface area contributed by atoms with Crippen LogP contribution in [-0.2, 0) is 30.9 Å². The largest absolute Gasteiger partial charge is 0.459 e. The van der Waals surface area contributed by atoms with Crippen LogP contribution in [0.25, 0.3) is 0 Å². The van der Waals surface area contributed by atoms with E-state index in [9.17, 15) is 9.59 Å². The lowest BCUT2D eigenvalue weighted by molar-refractivity contribution is -0.147. The van der Waals surface area contributed by atoms with E-state index in [1.807, 2.05) is 0 Å². The van der Waals surface area contributed by atoms with Gasteiger partial charge in [0.15, 0.2) is 0 Å². The van der Waals surface area contributed by atoms with Crippen LogP contribution in [0.3, 0.4) is 0 Å². The van der Waals surface area contributed by atoms with Crippen LogP contribution < -0.4 is 0 Å². The lowest BCUT2D eigenvalue weighted by atomic mass is 9.98. The van der Waals surface area contributed by atoms with Crippen molar-refractivity contribution in [2.75, 3.05) is 0 Å². The minimum atomic E-state index is -3.11. The fraction of sp³-hybridized carbons (Fsp3) is 0.750. The van der Waals surface area contributed by atoms with Crippen molar-refractivity contribution in [1.82, 2.24) is 0 Å². The van der Waals surface area contributed by atoms with Gasteiger partial charge in [-0.3, -0.25) is 0 Å². The minimum Gasteiger partial charge on any atom is -0.459 e. The molecule has 6 nitrogen and oxygen atoms in total. The second-order valence-corrected chi connectivity index (χ2v) is 11.3. The van der Waals surface area contributed by atoms with Crippen LogP contribution in [-0.4, -0.2) is 33.9 Å². The van der Waals surface area contributed by atoms with E-state index in [0.717, 1.165) is 51.4 Å². The van der Waals surface area contributed by atoms with Crippen LogP contribution in [0.4, 0.5) is 0 Å². The zero-order valence-electron chi connectivity index (χ0n) is 14.2. The van der Waals surface area contributed by atoms with Gasteiger partial charge in [-0.05, 0) is 63.2 Å². The number of carbonyl (C=O) groups is 2. The first-order valence-corrected chi connectivity index (χ1v) is 12.5. The molecule has 2 aliphatic rings. The molecule has 0 amide bonds. The summed E-state index contributed by atoms with van der Waals surface area (Å²) < 4.78 is 10.6. The molecule has 2 saturated carbocycles. The number of rotatable bonds is 4. The predicted octanol–water partition coefficient (Wildman–Crippen LogP) is 3.42. The topological polar surface area (TPSA) is 93.1 Å². The molecule has 0 spiro atoms. The molecule has 0 aliphatic heterocycles. The number of esters is 2. The first-order valence-electron chi connectivity index (χ1n) is 8.61. The Labute approximate surface area is 159 Å². The lowest BCUT2D eigenvalue weighted by Crippen LogP contribution is -2.21. The van der Waals surface area contributed by atoms with Gasteiger partial charge < -0.3 is 19.3 Å². The number of carbonyl (C=O) groups excluding carboxylic acids is 2. The molecule has 0 unspecified atom stereocenters. The molecule has 0 bridgehead atoms. The van der Waals surface area contributed by atoms with Gasteiger partial charge in [0.05, 0.1) is 0 Å². The van der Waals surface area contributed by atoms with E-state index in [0.29, 0.717) is 0 Å². The molecule has 0 saturated heterocycles. The van der Waals surface area contributed by atoms with Crippen molar-refractivity contribution in [3.63, 3.8) is 0 Å². The van der Waals surface area contributed by atoms with Crippen LogP contribution in [0.15, 0.2) is 12.2 Å². The highest BCUT2D eigenvalue weighted by Crippen LogP contribution is 2.39. The van der Waals surface area contributed by atoms with Crippen LogP contribution in [0.2, 0.25) is 0 Å². The highest BCUT2D eigenvalue weighted by Gasteiger charge is 2.18. The Kier molecular flexibility index (Phi) is 10.9. The van der Waals surface area contributed by atoms with Crippen molar-refractivity contribution in [3.05, 3.63) is 12.2 Å². The van der Waals surface area contributed by atoms with Gasteiger partial charge in [0.1, 0.15) is 12.2 Å². The average Bonchev–Trinajstić information content (AvgIpc) is 2.53. The highest BCUT2D eigenvalue weighted by atomic mass is 32.9. The summed E-state index contributed by atoms with van der Waals surface area (Å²) in [4.78, 5) is 38.9. The molecule has 0 radical (unpaired) electrons. The summed E-state index contributed by atoms with van der Waals surface area (Å²) >= 11 is 7.07. The Morgan fingerprint density at radius 1 is 0.840 bits per heavy atom. The van der Waals surface area contributed by atoms with Crippen molar-refractivity contribution >= 4 is 41.7 Å². The predicted molar refractivity (Wildman–Crippen MR) is 103 cm³/mol. The Bertz CT molecular complexity index is 451. The second-order valence-electron chi connectivity index (χ2n) is 6.24. The summed E-state index contributed by atoms with van der Waals surface area (Å²) in [6.45, 7) is 0. The molecular weight excluding hydrogens is 383 g/mol. The van der Waals surface area contributed by atoms with Crippen molar-refractivity contribution in [1.29, 1.82) is 0 Å². The second kappa shape index (κ2) is 12.1. The fourth-order valence-electron chi connectivity index (χ4n) is 2.91. The SMILES string of the molecule is O=C(/C=C\C(=O)OC1CCCCC1)OC1CCCCC1.OP(O)(=S)S. The van der Waals surface area contributed by atoms with Crippen molar-refractivity contribution in [2.45, 2.75) is 76.4 Å². The maximum atomic E-state index is 11.6. The molecule has 0 aromatic carbocycles. The molecule has 2 rings (SSSR count). The first-order chi connectivity index (χ1) is 11.7. The maximum absolute atomic E-state index is 11.6. The van der Waals surface area contributed by atoms with E-state index < -0.39 is 17.6 Å². The number of hydrogen-bond acceptors (Lipinski definition) is 5. The number of ether oxygens (including phenoxy) is 2. The van der Waals surface area contributed by atoms with E-state index in [2.05, 4.69) is 24.1 Å². The molecule has 2 aliphatic carbocycles. The molecular formula is C16H27O6PS2. The summed E-state index contributed by atoms with van der Waals surface area (Å²) in [5, 5.41) is 0. The molecule has 0 aromatic heterocycles. The summed E-state index contributed by atoms with van der Waals surface area (Å²) in [5.41, 5.74) is -3.11. The van der Waals surface area contributed by atoms with Gasteiger partial charge in [-0.2, -0.15) is 0 Å². The van der Waals surface area contributed by atoms with Gasteiger partial charge in [-0.15, -0.1) is 0 Å². The third-order valence-electron chi connectivity index (χ3n) is 4.03. The highest BCUT2D eigenvalue weighted by molar-refractivity contribution is 8.59. The lowest BCUT2D eigenvalue weighted by Gasteiger charge is -2.21. The summed E-state index contributed by atoms with van der Waals surface area (Å²) in [7, 11) is 0. The normalized spacial score (nSPS) is 19.8. The van der Waals surface area contributed by atoms with Crippen LogP contribution in [0.1, 0.15) is 64.2 Å². The van der Waals surface area contributed by atoms with Gasteiger partial charge in [0, 0.05) is 12.2 Å². The summed E-state index contributed by atoms with van der Waals surface area (Å²) in [6.07, 6.45) is 13.1. The van der Waals surface area contributed by atoms with Crippen LogP contribution >= 0.6 is 17.9 Å². The third-order valence-corrected chi connectivity index (χ3v) is 4.03. The zero-order chi connectivity index (χ0) is 18.7. The first kappa shape index (κ1) is 22.6. The molecule has 0 heterocycles. The smallest absolute Gasteiger partial charge is 0.331 e. The van der Waals surface area contributed by atoms with Crippen molar-refractivity contribution in [3.8, 4) is 0 Å². The van der Waals surface area contributed by atoms with E-state index in [1.54, 1.807) is 0 Å². The van der Waals surface area contributed by atoms with Gasteiger partial charge >= 0.3 is 11.9 Å². The molecule has 2 N–H and O–H groups in total. The summed E-state index contributed by atoms with van der Waals surface area (Å²) in [5.74, 6) is -0.866. The van der Waals surface area contributed by atoms with Crippen LogP contribution in [0, 0.1) is 0 Å². The van der Waals surface area contributed by atoms with Crippen LogP contribution in [0.5, 0.6) is 0 Å². The molecule has 0 aromatic rings. The Balaban J connectivity index is 0.000000550. The monoisotopic (exact) mass is 410 g/mol. The van der Waals surface area contributed by atoms with E-state index in [-0.39, 0.29) is 12.2 Å². The molecule has 144 valence electrons. The van der Waals surface area contributed by atoms with E-state index in [1.165, 1.54) is 25.0 Å². The van der Waals surface area contributed by atoms with E-state index in [4.69, 9.17) is 19.3 Å². The Morgan fingerprint density at radius 2 is 1.12 bits per heavy atom. The third kappa shape index (κ3) is 13.5. The quantitative estimate of drug-likeness (QED) is 0.283. The van der Waals surface area contributed by atoms with Gasteiger partial charge in [-0.25, -0.2) is 9.59 Å². The molecule has 25 heavy (non-hydrogen) atoms. The number of thiol groups is 1. The fourth-order valence-corrected chi connectivity index (χ4v) is 2.91. The minimum absolute atomic E-state index is 0.0234. The van der Waals surface area contributed by atoms with Crippen molar-refractivity contribution < 1.29 is 28.8 Å². The van der Waals surface area contributed by atoms with Gasteiger partial charge in [-0.1, -0.05) is 25.1 Å². The zero-order valence-corrected chi connectivity index (χ0v) is 16.8. The average molecular weight is 410 g/mol. The van der Waals surface area contributed by atoms with Gasteiger partial charge in [0.2, 0.25) is 5.69 Å². The maximum Gasteiger partial charge on any atom is 0.331 e. The van der Waals surface area contributed by atoms with Gasteiger partial charge in [0.25, 0.3) is 0 Å². The number of hydrogen-bond donors (Lipinski definition) is 3. The molecule has 0 atom stereocenters. The van der Waals surface area contributed by atoms with E-state index >= 15 is 0 Å². The molecule has 9 heteroatoms. The standard InChI is InChI=1S/C16H24O4.H3O2PS2/c17-15(19-13-7-3-1-4-8-13)11-12-16(18)20-14-9-5-2-6-10-14;1-3(2,4)5/h11-14H,1-10H2;(H3,1,2,4,5)/b12-11-;.